The van der Waals surface area contributed by atoms with E-state index in [1.165, 1.54) is 0 Å². The molecule has 0 atom stereocenters. The maximum Gasteiger partial charge on any atom is 0.315 e. The average molecular weight is 218 g/mol. The normalized spacial score (nSPS) is 18.6. The first-order chi connectivity index (χ1) is 7.25. The number of halogens is 2. The smallest absolute Gasteiger partial charge is 0.315 e. The van der Waals surface area contributed by atoms with E-state index in [0.717, 1.165) is 26.2 Å². The Hall–Kier alpha value is -1.08. The highest BCUT2D eigenvalue weighted by Gasteiger charge is 2.18. The third-order valence-corrected chi connectivity index (χ3v) is 2.25. The summed E-state index contributed by atoms with van der Waals surface area (Å²) >= 11 is 0. The molecule has 5 nitrogen and oxygen atoms in total. The maximum absolute atomic E-state index is 12.1. The monoisotopic (exact) mass is 218 g/mol. The molecule has 0 bridgehead atoms. The Balaban J connectivity index is 1.91. The van der Waals surface area contributed by atoms with Crippen molar-refractivity contribution >= 4 is 0 Å². The van der Waals surface area contributed by atoms with E-state index in [-0.39, 0.29) is 0 Å². The van der Waals surface area contributed by atoms with Crippen molar-refractivity contribution < 1.29 is 13.3 Å². The Labute approximate surface area is 85.4 Å². The van der Waals surface area contributed by atoms with Gasteiger partial charge in [0.25, 0.3) is 5.89 Å². The zero-order valence-corrected chi connectivity index (χ0v) is 8.12. The SMILES string of the molecule is FC(F)c1nc(CN2CCNCC2)no1. The minimum absolute atomic E-state index is 0.326. The van der Waals surface area contributed by atoms with Crippen LogP contribution in [0.1, 0.15) is 18.1 Å². The second kappa shape index (κ2) is 4.63. The molecule has 0 aliphatic carbocycles. The van der Waals surface area contributed by atoms with E-state index in [1.54, 1.807) is 0 Å². The van der Waals surface area contributed by atoms with E-state index in [4.69, 9.17) is 0 Å². The van der Waals surface area contributed by atoms with Gasteiger partial charge in [-0.25, -0.2) is 0 Å². The molecule has 0 amide bonds. The van der Waals surface area contributed by atoms with Crippen LogP contribution < -0.4 is 5.32 Å². The van der Waals surface area contributed by atoms with Crippen molar-refractivity contribution in [2.24, 2.45) is 0 Å². The van der Waals surface area contributed by atoms with Crippen molar-refractivity contribution in [2.75, 3.05) is 26.2 Å². The number of nitrogens with zero attached hydrogens (tertiary/aromatic N) is 3. The molecule has 0 spiro atoms. The van der Waals surface area contributed by atoms with Gasteiger partial charge in [0.2, 0.25) is 0 Å². The minimum Gasteiger partial charge on any atom is -0.333 e. The Bertz CT molecular complexity index is 311. The molecule has 2 heterocycles. The van der Waals surface area contributed by atoms with Crippen LogP contribution in [-0.2, 0) is 6.54 Å². The lowest BCUT2D eigenvalue weighted by Crippen LogP contribution is -2.43. The van der Waals surface area contributed by atoms with Crippen molar-refractivity contribution in [3.8, 4) is 0 Å². The van der Waals surface area contributed by atoms with Gasteiger partial charge in [0.1, 0.15) is 0 Å². The van der Waals surface area contributed by atoms with E-state index in [1.807, 2.05) is 0 Å². The van der Waals surface area contributed by atoms with Crippen LogP contribution in [0.25, 0.3) is 0 Å². The van der Waals surface area contributed by atoms with Gasteiger partial charge in [0.05, 0.1) is 6.54 Å². The van der Waals surface area contributed by atoms with Crippen molar-refractivity contribution in [1.29, 1.82) is 0 Å². The van der Waals surface area contributed by atoms with Crippen molar-refractivity contribution in [1.82, 2.24) is 20.4 Å². The number of rotatable bonds is 3. The first-order valence-electron chi connectivity index (χ1n) is 4.79. The summed E-state index contributed by atoms with van der Waals surface area (Å²) in [5, 5.41) is 6.70. The Morgan fingerprint density at radius 2 is 2.13 bits per heavy atom. The lowest BCUT2D eigenvalue weighted by molar-refractivity contribution is 0.106. The zero-order chi connectivity index (χ0) is 10.7. The fourth-order valence-corrected chi connectivity index (χ4v) is 1.49. The maximum atomic E-state index is 12.1. The molecule has 1 saturated heterocycles. The van der Waals surface area contributed by atoms with Crippen LogP contribution in [0.2, 0.25) is 0 Å². The summed E-state index contributed by atoms with van der Waals surface area (Å²) in [5.74, 6) is -0.271. The first-order valence-corrected chi connectivity index (χ1v) is 4.79. The second-order valence-corrected chi connectivity index (χ2v) is 3.38. The van der Waals surface area contributed by atoms with Gasteiger partial charge in [-0.05, 0) is 0 Å². The predicted molar refractivity (Wildman–Crippen MR) is 47.4 cm³/mol. The van der Waals surface area contributed by atoms with Crippen molar-refractivity contribution in [3.63, 3.8) is 0 Å². The molecule has 2 rings (SSSR count). The zero-order valence-electron chi connectivity index (χ0n) is 8.12. The molecule has 1 aliphatic heterocycles. The summed E-state index contributed by atoms with van der Waals surface area (Å²) in [7, 11) is 0. The van der Waals surface area contributed by atoms with Crippen LogP contribution in [0, 0.1) is 0 Å². The molecule has 0 unspecified atom stereocenters. The van der Waals surface area contributed by atoms with Gasteiger partial charge in [0.15, 0.2) is 5.82 Å². The van der Waals surface area contributed by atoms with Crippen LogP contribution in [-0.4, -0.2) is 41.2 Å². The predicted octanol–water partition coefficient (Wildman–Crippen LogP) is 0.412. The minimum atomic E-state index is -2.69. The molecule has 1 aromatic heterocycles. The molecule has 1 N–H and O–H groups in total. The van der Waals surface area contributed by atoms with Gasteiger partial charge in [-0.1, -0.05) is 5.16 Å². The lowest BCUT2D eigenvalue weighted by Gasteiger charge is -2.25. The fraction of sp³-hybridized carbons (Fsp3) is 0.750. The molecule has 15 heavy (non-hydrogen) atoms. The summed E-state index contributed by atoms with van der Waals surface area (Å²) in [5.41, 5.74) is 0. The van der Waals surface area contributed by atoms with E-state index < -0.39 is 12.3 Å². The Morgan fingerprint density at radius 3 is 2.73 bits per heavy atom. The van der Waals surface area contributed by atoms with Crippen molar-refractivity contribution in [2.45, 2.75) is 13.0 Å². The van der Waals surface area contributed by atoms with Gasteiger partial charge < -0.3 is 9.84 Å². The third kappa shape index (κ3) is 2.69. The Morgan fingerprint density at radius 1 is 1.40 bits per heavy atom. The highest BCUT2D eigenvalue weighted by Crippen LogP contribution is 2.16. The summed E-state index contributed by atoms with van der Waals surface area (Å²) in [6.07, 6.45) is -2.69. The number of hydrogen-bond acceptors (Lipinski definition) is 5. The summed E-state index contributed by atoms with van der Waals surface area (Å²) < 4.78 is 28.7. The molecule has 0 aromatic carbocycles. The number of hydrogen-bond donors (Lipinski definition) is 1. The van der Waals surface area contributed by atoms with Crippen LogP contribution >= 0.6 is 0 Å². The van der Waals surface area contributed by atoms with Crippen molar-refractivity contribution in [3.05, 3.63) is 11.7 Å². The number of nitrogens with one attached hydrogen (secondary N) is 1. The van der Waals surface area contributed by atoms with Crippen LogP contribution in [0.4, 0.5) is 8.78 Å². The molecule has 0 saturated carbocycles. The average Bonchev–Trinajstić information content (AvgIpc) is 2.68. The summed E-state index contributed by atoms with van der Waals surface area (Å²) in [6.45, 7) is 4.02. The number of piperazine rings is 1. The quantitative estimate of drug-likeness (QED) is 0.796. The van der Waals surface area contributed by atoms with Gasteiger partial charge >= 0.3 is 6.43 Å². The van der Waals surface area contributed by atoms with Gasteiger partial charge in [0, 0.05) is 26.2 Å². The van der Waals surface area contributed by atoms with E-state index in [0.29, 0.717) is 12.4 Å². The molecule has 84 valence electrons. The molecule has 0 radical (unpaired) electrons. The van der Waals surface area contributed by atoms with Gasteiger partial charge in [-0.3, -0.25) is 4.90 Å². The molecule has 1 aliphatic rings. The molecule has 1 fully saturated rings. The highest BCUT2D eigenvalue weighted by atomic mass is 19.3. The van der Waals surface area contributed by atoms with Crippen LogP contribution in [0.3, 0.4) is 0 Å². The van der Waals surface area contributed by atoms with E-state index in [2.05, 4.69) is 24.9 Å². The van der Waals surface area contributed by atoms with Gasteiger partial charge in [-0.2, -0.15) is 13.8 Å². The highest BCUT2D eigenvalue weighted by molar-refractivity contribution is 4.88. The topological polar surface area (TPSA) is 54.2 Å². The van der Waals surface area contributed by atoms with E-state index >= 15 is 0 Å². The lowest BCUT2D eigenvalue weighted by atomic mass is 10.3. The standard InChI is InChI=1S/C8H12F2N4O/c9-7(10)8-12-6(13-15-8)5-14-3-1-11-2-4-14/h7,11H,1-5H2. The summed E-state index contributed by atoms with van der Waals surface area (Å²) in [4.78, 5) is 5.71. The molecular weight excluding hydrogens is 206 g/mol. The molecular formula is C8H12F2N4O. The van der Waals surface area contributed by atoms with Crippen LogP contribution in [0.5, 0.6) is 0 Å². The largest absolute Gasteiger partial charge is 0.333 e. The third-order valence-electron chi connectivity index (χ3n) is 2.25. The first kappa shape index (κ1) is 10.4. The Kier molecular flexibility index (Phi) is 3.22. The van der Waals surface area contributed by atoms with Gasteiger partial charge in [-0.15, -0.1) is 0 Å². The van der Waals surface area contributed by atoms with Crippen LogP contribution in [0.15, 0.2) is 4.52 Å². The molecule has 1 aromatic rings. The van der Waals surface area contributed by atoms with E-state index in [9.17, 15) is 8.78 Å². The second-order valence-electron chi connectivity index (χ2n) is 3.38. The number of aromatic nitrogens is 2. The fourth-order valence-electron chi connectivity index (χ4n) is 1.49. The summed E-state index contributed by atoms with van der Waals surface area (Å²) in [6, 6.07) is 0. The number of alkyl halides is 2. The molecule has 7 heteroatoms.